The first-order valence-corrected chi connectivity index (χ1v) is 12.0. The molecule has 1 fully saturated rings. The number of hydrogen-bond acceptors (Lipinski definition) is 8. The Bertz CT molecular complexity index is 1150. The summed E-state index contributed by atoms with van der Waals surface area (Å²) in [6, 6.07) is 1.37. The zero-order valence-electron chi connectivity index (χ0n) is 20.5. The van der Waals surface area contributed by atoms with Gasteiger partial charge in [-0.25, -0.2) is 9.78 Å². The highest BCUT2D eigenvalue weighted by Gasteiger charge is 2.39. The van der Waals surface area contributed by atoms with Crippen LogP contribution in [0.4, 0.5) is 0 Å². The predicted octanol–water partition coefficient (Wildman–Crippen LogP) is -1.85. The first kappa shape index (κ1) is 28.1. The van der Waals surface area contributed by atoms with Gasteiger partial charge in [-0.05, 0) is 30.5 Å². The summed E-state index contributed by atoms with van der Waals surface area (Å²) in [5.74, 6) is -3.99. The van der Waals surface area contributed by atoms with Gasteiger partial charge in [0.15, 0.2) is 0 Å². The number of nitrogens with one attached hydrogen (secondary N) is 3. The van der Waals surface area contributed by atoms with Crippen molar-refractivity contribution < 1.29 is 34.2 Å². The fourth-order valence-electron chi connectivity index (χ4n) is 4.24. The summed E-state index contributed by atoms with van der Waals surface area (Å²) >= 11 is 0. The van der Waals surface area contributed by atoms with Crippen LogP contribution in [-0.2, 0) is 36.8 Å². The molecule has 14 nitrogen and oxygen atoms in total. The molecule has 3 rings (SSSR count). The minimum Gasteiger partial charge on any atom is -0.508 e. The zero-order chi connectivity index (χ0) is 27.8. The number of hydrogen-bond donors (Lipinski definition) is 7. The van der Waals surface area contributed by atoms with Gasteiger partial charge in [-0.3, -0.25) is 19.2 Å². The molecule has 0 saturated carbocycles. The maximum Gasteiger partial charge on any atom is 0.326 e. The Kier molecular flexibility index (Phi) is 9.38. The molecule has 1 aromatic carbocycles. The lowest BCUT2D eigenvalue weighted by Gasteiger charge is -2.30. The van der Waals surface area contributed by atoms with Crippen LogP contribution >= 0.6 is 0 Å². The number of rotatable bonds is 12. The molecule has 14 heteroatoms. The molecule has 4 atom stereocenters. The van der Waals surface area contributed by atoms with E-state index in [4.69, 9.17) is 11.5 Å². The van der Waals surface area contributed by atoms with Crippen LogP contribution < -0.4 is 22.1 Å². The predicted molar refractivity (Wildman–Crippen MR) is 132 cm³/mol. The Balaban J connectivity index is 1.77. The van der Waals surface area contributed by atoms with E-state index >= 15 is 0 Å². The molecule has 0 radical (unpaired) electrons. The van der Waals surface area contributed by atoms with E-state index in [2.05, 4.69) is 20.6 Å². The summed E-state index contributed by atoms with van der Waals surface area (Å²) in [6.45, 7) is 0.213. The Morgan fingerprint density at radius 1 is 1.11 bits per heavy atom. The summed E-state index contributed by atoms with van der Waals surface area (Å²) in [5.41, 5.74) is 12.0. The summed E-state index contributed by atoms with van der Waals surface area (Å²) in [4.78, 5) is 70.2. The summed E-state index contributed by atoms with van der Waals surface area (Å²) < 4.78 is 0. The number of aromatic amines is 1. The van der Waals surface area contributed by atoms with Crippen molar-refractivity contribution in [1.82, 2.24) is 25.5 Å². The maximum absolute atomic E-state index is 13.6. The molecule has 1 saturated heterocycles. The topological polar surface area (TPSA) is 234 Å². The highest BCUT2D eigenvalue weighted by atomic mass is 16.4. The smallest absolute Gasteiger partial charge is 0.326 e. The van der Waals surface area contributed by atoms with Gasteiger partial charge in [0.2, 0.25) is 23.6 Å². The van der Waals surface area contributed by atoms with Crippen molar-refractivity contribution in [3.63, 3.8) is 0 Å². The third-order valence-electron chi connectivity index (χ3n) is 6.18. The molecule has 0 spiro atoms. The van der Waals surface area contributed by atoms with Crippen LogP contribution in [0.2, 0.25) is 0 Å². The average molecular weight is 530 g/mol. The zero-order valence-corrected chi connectivity index (χ0v) is 20.5. The summed E-state index contributed by atoms with van der Waals surface area (Å²) in [7, 11) is 0. The number of aliphatic carboxylic acids is 1. The lowest BCUT2D eigenvalue weighted by Crippen LogP contribution is -2.57. The summed E-state index contributed by atoms with van der Waals surface area (Å²) in [6.07, 6.45) is 3.19. The molecule has 4 amide bonds. The standard InChI is InChI=1S/C24H31N7O7/c25-16(10-20(26)33)21(34)29-17(8-13-3-5-15(32)6-4-13)23(36)31-7-1-2-19(31)22(35)30-18(24(37)38)9-14-11-27-12-28-14/h3-6,11-12,16-19,32H,1-2,7-10,25H2,(H2,26,33)(H,27,28)(H,29,34)(H,30,35)(H,37,38). The first-order valence-electron chi connectivity index (χ1n) is 12.0. The van der Waals surface area contributed by atoms with E-state index in [0.717, 1.165) is 0 Å². The van der Waals surface area contributed by atoms with Gasteiger partial charge < -0.3 is 42.2 Å². The van der Waals surface area contributed by atoms with Crippen LogP contribution in [0.15, 0.2) is 36.8 Å². The van der Waals surface area contributed by atoms with Gasteiger partial charge in [0, 0.05) is 31.3 Å². The van der Waals surface area contributed by atoms with Crippen molar-refractivity contribution in [2.75, 3.05) is 6.54 Å². The second-order valence-corrected chi connectivity index (χ2v) is 9.08. The number of phenols is 1. The second-order valence-electron chi connectivity index (χ2n) is 9.08. The molecule has 2 heterocycles. The van der Waals surface area contributed by atoms with Gasteiger partial charge in [-0.1, -0.05) is 12.1 Å². The maximum atomic E-state index is 13.6. The minimum absolute atomic E-state index is 0.0105. The quantitative estimate of drug-likeness (QED) is 0.163. The average Bonchev–Trinajstić information content (AvgIpc) is 3.56. The van der Waals surface area contributed by atoms with E-state index in [9.17, 15) is 34.2 Å². The largest absolute Gasteiger partial charge is 0.508 e. The molecule has 204 valence electrons. The normalized spacial score (nSPS) is 17.3. The fourth-order valence-corrected chi connectivity index (χ4v) is 4.24. The van der Waals surface area contributed by atoms with E-state index in [1.807, 2.05) is 0 Å². The van der Waals surface area contributed by atoms with Crippen LogP contribution in [0.5, 0.6) is 5.75 Å². The Labute approximate surface area is 217 Å². The van der Waals surface area contributed by atoms with E-state index in [0.29, 0.717) is 24.1 Å². The number of H-pyrrole nitrogens is 1. The number of nitrogens with zero attached hydrogens (tertiary/aromatic N) is 2. The molecule has 1 aliphatic rings. The number of likely N-dealkylation sites (tertiary alicyclic amines) is 1. The van der Waals surface area contributed by atoms with E-state index < -0.39 is 60.2 Å². The number of carboxylic acid groups (broad SMARTS) is 1. The molecular weight excluding hydrogens is 498 g/mol. The fraction of sp³-hybridized carbons (Fsp3) is 0.417. The lowest BCUT2D eigenvalue weighted by molar-refractivity contribution is -0.144. The van der Waals surface area contributed by atoms with Crippen molar-refractivity contribution >= 4 is 29.6 Å². The third-order valence-corrected chi connectivity index (χ3v) is 6.18. The molecule has 38 heavy (non-hydrogen) atoms. The number of carboxylic acids is 1. The number of benzene rings is 1. The molecule has 1 aromatic heterocycles. The van der Waals surface area contributed by atoms with Gasteiger partial charge in [-0.2, -0.15) is 0 Å². The van der Waals surface area contributed by atoms with Crippen molar-refractivity contribution in [2.24, 2.45) is 11.5 Å². The number of aromatic nitrogens is 2. The number of aromatic hydroxyl groups is 1. The van der Waals surface area contributed by atoms with Crippen LogP contribution in [0, 0.1) is 0 Å². The SMILES string of the molecule is NC(=O)CC(N)C(=O)NC(Cc1ccc(O)cc1)C(=O)N1CCCC1C(=O)NC(Cc1cnc[nH]1)C(=O)O. The van der Waals surface area contributed by atoms with Gasteiger partial charge >= 0.3 is 5.97 Å². The molecule has 9 N–H and O–H groups in total. The molecule has 2 aromatic rings. The first-order chi connectivity index (χ1) is 18.0. The summed E-state index contributed by atoms with van der Waals surface area (Å²) in [5, 5.41) is 24.2. The Hall–Kier alpha value is -4.46. The number of primary amides is 1. The number of amides is 4. The van der Waals surface area contributed by atoms with E-state index in [1.54, 1.807) is 12.1 Å². The Morgan fingerprint density at radius 2 is 1.82 bits per heavy atom. The Morgan fingerprint density at radius 3 is 2.42 bits per heavy atom. The number of imidazole rings is 1. The number of nitrogens with two attached hydrogens (primary N) is 2. The van der Waals surface area contributed by atoms with Gasteiger partial charge in [0.1, 0.15) is 23.9 Å². The van der Waals surface area contributed by atoms with Crippen molar-refractivity contribution in [1.29, 1.82) is 0 Å². The monoisotopic (exact) mass is 529 g/mol. The van der Waals surface area contributed by atoms with Crippen molar-refractivity contribution in [3.05, 3.63) is 48.0 Å². The number of carbonyl (C=O) groups excluding carboxylic acids is 4. The van der Waals surface area contributed by atoms with Gasteiger partial charge in [-0.15, -0.1) is 0 Å². The molecule has 0 bridgehead atoms. The van der Waals surface area contributed by atoms with E-state index in [1.165, 1.54) is 29.6 Å². The highest BCUT2D eigenvalue weighted by molar-refractivity contribution is 5.95. The van der Waals surface area contributed by atoms with Crippen molar-refractivity contribution in [2.45, 2.75) is 56.3 Å². The highest BCUT2D eigenvalue weighted by Crippen LogP contribution is 2.21. The van der Waals surface area contributed by atoms with Crippen LogP contribution in [0.3, 0.4) is 0 Å². The minimum atomic E-state index is -1.28. The second kappa shape index (κ2) is 12.7. The molecular formula is C24H31N7O7. The number of carbonyl (C=O) groups is 5. The van der Waals surface area contributed by atoms with Gasteiger partial charge in [0.05, 0.1) is 18.8 Å². The van der Waals surface area contributed by atoms with Crippen LogP contribution in [-0.4, -0.2) is 85.4 Å². The third kappa shape index (κ3) is 7.52. The van der Waals surface area contributed by atoms with Gasteiger partial charge in [0.25, 0.3) is 0 Å². The lowest BCUT2D eigenvalue weighted by atomic mass is 10.0. The van der Waals surface area contributed by atoms with Crippen LogP contribution in [0.1, 0.15) is 30.5 Å². The molecule has 1 aliphatic heterocycles. The van der Waals surface area contributed by atoms with Crippen molar-refractivity contribution in [3.8, 4) is 5.75 Å². The van der Waals surface area contributed by atoms with Crippen LogP contribution in [0.25, 0.3) is 0 Å². The van der Waals surface area contributed by atoms with E-state index in [-0.39, 0.29) is 25.1 Å². The molecule has 4 unspecified atom stereocenters. The number of phenolic OH excluding ortho intramolecular Hbond substituents is 1. The molecule has 0 aliphatic carbocycles.